The number of hydrogen-bond donors (Lipinski definition) is 1. The van der Waals surface area contributed by atoms with Gasteiger partial charge in [-0.25, -0.2) is 4.39 Å². The summed E-state index contributed by atoms with van der Waals surface area (Å²) >= 11 is 0. The van der Waals surface area contributed by atoms with E-state index in [0.29, 0.717) is 6.54 Å². The molecule has 0 saturated heterocycles. The maximum Gasteiger partial charge on any atom is 0.129 e. The fraction of sp³-hybridized carbons (Fsp3) is 0.571. The van der Waals surface area contributed by atoms with Crippen molar-refractivity contribution in [2.75, 3.05) is 6.54 Å². The third-order valence-electron chi connectivity index (χ3n) is 3.44. The summed E-state index contributed by atoms with van der Waals surface area (Å²) in [7, 11) is 0. The van der Waals surface area contributed by atoms with Gasteiger partial charge in [0.1, 0.15) is 5.82 Å². The van der Waals surface area contributed by atoms with Crippen molar-refractivity contribution in [2.24, 2.45) is 5.73 Å². The van der Waals surface area contributed by atoms with E-state index in [1.807, 2.05) is 6.07 Å². The fourth-order valence-electron chi connectivity index (χ4n) is 2.48. The van der Waals surface area contributed by atoms with Crippen LogP contribution in [0.2, 0.25) is 0 Å². The van der Waals surface area contributed by atoms with Crippen molar-refractivity contribution in [3.63, 3.8) is 0 Å². The van der Waals surface area contributed by atoms with E-state index in [9.17, 15) is 4.39 Å². The van der Waals surface area contributed by atoms with Gasteiger partial charge in [-0.3, -0.25) is 0 Å². The summed E-state index contributed by atoms with van der Waals surface area (Å²) in [6.45, 7) is 0.701. The molecule has 0 amide bonds. The molecule has 0 bridgehead atoms. The van der Waals surface area contributed by atoms with E-state index in [-0.39, 0.29) is 5.82 Å². The number of rotatable bonds is 4. The smallest absolute Gasteiger partial charge is 0.129 e. The van der Waals surface area contributed by atoms with E-state index in [4.69, 9.17) is 5.73 Å². The number of benzene rings is 1. The Morgan fingerprint density at radius 1 is 1.12 bits per heavy atom. The molecule has 0 heterocycles. The first-order valence-electron chi connectivity index (χ1n) is 6.32. The Bertz CT molecular complexity index is 360. The third-order valence-corrected chi connectivity index (χ3v) is 3.44. The summed E-state index contributed by atoms with van der Waals surface area (Å²) < 4.78 is 14.2. The SMILES string of the molecule is NCCCCc1ccc2c(c1F)CCCC2. The maximum atomic E-state index is 14.2. The molecule has 0 radical (unpaired) electrons. The van der Waals surface area contributed by atoms with Crippen LogP contribution in [-0.4, -0.2) is 6.54 Å². The van der Waals surface area contributed by atoms with Gasteiger partial charge < -0.3 is 5.73 Å². The predicted molar refractivity (Wildman–Crippen MR) is 65.0 cm³/mol. The van der Waals surface area contributed by atoms with Crippen molar-refractivity contribution in [1.82, 2.24) is 0 Å². The number of unbranched alkanes of at least 4 members (excludes halogenated alkanes) is 1. The Kier molecular flexibility index (Phi) is 3.94. The van der Waals surface area contributed by atoms with Crippen LogP contribution in [0.25, 0.3) is 0 Å². The molecule has 88 valence electrons. The van der Waals surface area contributed by atoms with Crippen LogP contribution >= 0.6 is 0 Å². The molecule has 1 aromatic carbocycles. The highest BCUT2D eigenvalue weighted by molar-refractivity contribution is 5.35. The first kappa shape index (κ1) is 11.6. The quantitative estimate of drug-likeness (QED) is 0.777. The van der Waals surface area contributed by atoms with Gasteiger partial charge in [-0.2, -0.15) is 0 Å². The molecule has 0 aliphatic heterocycles. The molecule has 1 aromatic rings. The molecule has 1 nitrogen and oxygen atoms in total. The van der Waals surface area contributed by atoms with Crippen molar-refractivity contribution < 1.29 is 4.39 Å². The van der Waals surface area contributed by atoms with Crippen LogP contribution in [-0.2, 0) is 19.3 Å². The van der Waals surface area contributed by atoms with Crippen molar-refractivity contribution in [2.45, 2.75) is 44.9 Å². The van der Waals surface area contributed by atoms with E-state index < -0.39 is 0 Å². The minimum absolute atomic E-state index is 0.0641. The Labute approximate surface area is 96.9 Å². The normalized spacial score (nSPS) is 14.9. The highest BCUT2D eigenvalue weighted by atomic mass is 19.1. The van der Waals surface area contributed by atoms with Crippen molar-refractivity contribution in [3.8, 4) is 0 Å². The molecular weight excluding hydrogens is 201 g/mol. The lowest BCUT2D eigenvalue weighted by molar-refractivity contribution is 0.560. The van der Waals surface area contributed by atoms with Crippen LogP contribution in [0.3, 0.4) is 0 Å². The lowest BCUT2D eigenvalue weighted by atomic mass is 9.89. The highest BCUT2D eigenvalue weighted by Crippen LogP contribution is 2.26. The molecule has 2 heteroatoms. The van der Waals surface area contributed by atoms with Gasteiger partial charge in [-0.15, -0.1) is 0 Å². The zero-order valence-corrected chi connectivity index (χ0v) is 9.77. The minimum atomic E-state index is 0.0641. The minimum Gasteiger partial charge on any atom is -0.330 e. The molecule has 1 aliphatic rings. The van der Waals surface area contributed by atoms with E-state index in [2.05, 4.69) is 6.07 Å². The largest absolute Gasteiger partial charge is 0.330 e. The molecule has 16 heavy (non-hydrogen) atoms. The van der Waals surface area contributed by atoms with E-state index in [1.165, 1.54) is 12.0 Å². The third kappa shape index (κ3) is 2.43. The van der Waals surface area contributed by atoms with E-state index in [0.717, 1.165) is 49.7 Å². The Morgan fingerprint density at radius 2 is 1.94 bits per heavy atom. The van der Waals surface area contributed by atoms with E-state index >= 15 is 0 Å². The van der Waals surface area contributed by atoms with Crippen molar-refractivity contribution in [3.05, 3.63) is 34.6 Å². The lowest BCUT2D eigenvalue weighted by Gasteiger charge is -2.18. The number of hydrogen-bond acceptors (Lipinski definition) is 1. The highest BCUT2D eigenvalue weighted by Gasteiger charge is 2.15. The summed E-state index contributed by atoms with van der Waals surface area (Å²) in [6.07, 6.45) is 7.12. The van der Waals surface area contributed by atoms with Gasteiger partial charge in [-0.05, 0) is 68.2 Å². The van der Waals surface area contributed by atoms with Crippen molar-refractivity contribution in [1.29, 1.82) is 0 Å². The van der Waals surface area contributed by atoms with Crippen LogP contribution in [0.15, 0.2) is 12.1 Å². The lowest BCUT2D eigenvalue weighted by Crippen LogP contribution is -2.08. The van der Waals surface area contributed by atoms with Gasteiger partial charge in [0.2, 0.25) is 0 Å². The Balaban J connectivity index is 2.14. The molecule has 2 rings (SSSR count). The number of nitrogens with two attached hydrogens (primary N) is 1. The molecule has 0 aromatic heterocycles. The zero-order chi connectivity index (χ0) is 11.4. The van der Waals surface area contributed by atoms with Crippen LogP contribution in [0, 0.1) is 5.82 Å². The molecule has 2 N–H and O–H groups in total. The van der Waals surface area contributed by atoms with Crippen LogP contribution < -0.4 is 5.73 Å². The van der Waals surface area contributed by atoms with Gasteiger partial charge in [0.05, 0.1) is 0 Å². The Hall–Kier alpha value is -0.890. The van der Waals surface area contributed by atoms with Crippen LogP contribution in [0.5, 0.6) is 0 Å². The van der Waals surface area contributed by atoms with Gasteiger partial charge in [0, 0.05) is 0 Å². The standard InChI is InChI=1S/C14H20FN/c15-14-12(6-3-4-10-16)9-8-11-5-1-2-7-13(11)14/h8-9H,1-7,10,16H2. The second kappa shape index (κ2) is 5.44. The first-order valence-corrected chi connectivity index (χ1v) is 6.32. The van der Waals surface area contributed by atoms with Gasteiger partial charge >= 0.3 is 0 Å². The number of fused-ring (bicyclic) bond motifs is 1. The molecule has 0 unspecified atom stereocenters. The molecule has 0 atom stereocenters. The Morgan fingerprint density at radius 3 is 2.75 bits per heavy atom. The molecule has 0 fully saturated rings. The summed E-state index contributed by atoms with van der Waals surface area (Å²) in [6, 6.07) is 4.09. The zero-order valence-electron chi connectivity index (χ0n) is 9.77. The average Bonchev–Trinajstić information content (AvgIpc) is 2.33. The summed E-state index contributed by atoms with van der Waals surface area (Å²) in [5.74, 6) is 0.0641. The topological polar surface area (TPSA) is 26.0 Å². The summed E-state index contributed by atoms with van der Waals surface area (Å²) in [5, 5.41) is 0. The predicted octanol–water partition coefficient (Wildman–Crippen LogP) is 2.99. The first-order chi connectivity index (χ1) is 7.83. The van der Waals surface area contributed by atoms with Crippen molar-refractivity contribution >= 4 is 0 Å². The number of aryl methyl sites for hydroxylation is 2. The van der Waals surface area contributed by atoms with Gasteiger partial charge in [0.25, 0.3) is 0 Å². The monoisotopic (exact) mass is 221 g/mol. The second-order valence-corrected chi connectivity index (χ2v) is 4.63. The average molecular weight is 221 g/mol. The van der Waals surface area contributed by atoms with Crippen LogP contribution in [0.1, 0.15) is 42.4 Å². The summed E-state index contributed by atoms with van der Waals surface area (Å²) in [4.78, 5) is 0. The molecule has 0 spiro atoms. The van der Waals surface area contributed by atoms with Gasteiger partial charge in [0.15, 0.2) is 0 Å². The summed E-state index contributed by atoms with van der Waals surface area (Å²) in [5.41, 5.74) is 8.54. The maximum absolute atomic E-state index is 14.2. The molecule has 0 saturated carbocycles. The number of halogens is 1. The second-order valence-electron chi connectivity index (χ2n) is 4.63. The van der Waals surface area contributed by atoms with E-state index in [1.54, 1.807) is 0 Å². The molecule has 1 aliphatic carbocycles. The van der Waals surface area contributed by atoms with Crippen LogP contribution in [0.4, 0.5) is 4.39 Å². The molecular formula is C14H20FN. The fourth-order valence-corrected chi connectivity index (χ4v) is 2.48. The van der Waals surface area contributed by atoms with Gasteiger partial charge in [-0.1, -0.05) is 12.1 Å².